The number of aryl methyl sites for hydroxylation is 1. The molecule has 1 N–H and O–H groups in total. The van der Waals surface area contributed by atoms with Crippen LogP contribution >= 0.6 is 11.3 Å². The summed E-state index contributed by atoms with van der Waals surface area (Å²) in [5, 5.41) is 7.32. The highest BCUT2D eigenvalue weighted by molar-refractivity contribution is 7.18. The molecule has 3 aromatic heterocycles. The van der Waals surface area contributed by atoms with Crippen molar-refractivity contribution in [2.24, 2.45) is 0 Å². The summed E-state index contributed by atoms with van der Waals surface area (Å²) < 4.78 is 11.8. The molecule has 0 atom stereocenters. The Hall–Kier alpha value is -4.05. The maximum absolute atomic E-state index is 13.3. The van der Waals surface area contributed by atoms with E-state index in [1.165, 1.54) is 6.20 Å². The Bertz CT molecular complexity index is 1420. The Morgan fingerprint density at radius 2 is 1.69 bits per heavy atom. The number of amides is 1. The number of hydrogen-bond acceptors (Lipinski definition) is 8. The number of nitrogens with zero attached hydrogens (tertiary/aromatic N) is 3. The molecule has 0 aliphatic carbocycles. The standard InChI is InChI=1S/C25H24N4O5S/c1-5-33-24(31)19-15(4)20(25(32)34-6-2)35-23(19)28-22(30)17-13-27-29-18(11-12-26-21(17)29)16-9-7-14(3)8-10-16/h7-13H,5-6H2,1-4H3,(H,28,30). The van der Waals surface area contributed by atoms with Gasteiger partial charge in [0, 0.05) is 11.8 Å². The number of hydrogen-bond donors (Lipinski definition) is 1. The second kappa shape index (κ2) is 10.1. The van der Waals surface area contributed by atoms with E-state index < -0.39 is 17.8 Å². The van der Waals surface area contributed by atoms with Crippen LogP contribution in [0, 0.1) is 13.8 Å². The Labute approximate surface area is 205 Å². The van der Waals surface area contributed by atoms with Gasteiger partial charge in [0.15, 0.2) is 5.65 Å². The maximum atomic E-state index is 13.3. The molecular weight excluding hydrogens is 468 g/mol. The number of ether oxygens (including phenoxy) is 2. The molecule has 0 fully saturated rings. The molecule has 180 valence electrons. The maximum Gasteiger partial charge on any atom is 0.348 e. The topological polar surface area (TPSA) is 112 Å². The first-order chi connectivity index (χ1) is 16.8. The minimum atomic E-state index is -0.633. The van der Waals surface area contributed by atoms with Crippen LogP contribution in [-0.2, 0) is 9.47 Å². The van der Waals surface area contributed by atoms with Crippen LogP contribution in [0.1, 0.15) is 55.4 Å². The molecular formula is C25H24N4O5S. The van der Waals surface area contributed by atoms with Gasteiger partial charge in [-0.1, -0.05) is 29.8 Å². The molecule has 1 aromatic carbocycles. The summed E-state index contributed by atoms with van der Waals surface area (Å²) in [6, 6.07) is 9.76. The molecule has 4 aromatic rings. The quantitative estimate of drug-likeness (QED) is 0.373. The summed E-state index contributed by atoms with van der Waals surface area (Å²) in [7, 11) is 0. The Kier molecular flexibility index (Phi) is 6.92. The van der Waals surface area contributed by atoms with Gasteiger partial charge in [0.05, 0.1) is 30.7 Å². The fraction of sp³-hybridized carbons (Fsp3) is 0.240. The van der Waals surface area contributed by atoms with Gasteiger partial charge in [0.25, 0.3) is 5.91 Å². The highest BCUT2D eigenvalue weighted by Crippen LogP contribution is 2.35. The summed E-state index contributed by atoms with van der Waals surface area (Å²) in [6.07, 6.45) is 3.04. The zero-order valence-electron chi connectivity index (χ0n) is 19.7. The van der Waals surface area contributed by atoms with Crippen LogP contribution in [0.3, 0.4) is 0 Å². The van der Waals surface area contributed by atoms with Gasteiger partial charge in [-0.15, -0.1) is 11.3 Å². The number of rotatable bonds is 7. The van der Waals surface area contributed by atoms with E-state index >= 15 is 0 Å². The molecule has 0 aliphatic rings. The molecule has 0 radical (unpaired) electrons. The lowest BCUT2D eigenvalue weighted by atomic mass is 10.1. The summed E-state index contributed by atoms with van der Waals surface area (Å²) in [6.45, 7) is 7.33. The van der Waals surface area contributed by atoms with Crippen molar-refractivity contribution in [3.05, 3.63) is 69.9 Å². The van der Waals surface area contributed by atoms with Crippen LogP contribution in [0.5, 0.6) is 0 Å². The zero-order chi connectivity index (χ0) is 25.1. The van der Waals surface area contributed by atoms with Gasteiger partial charge in [-0.2, -0.15) is 5.10 Å². The van der Waals surface area contributed by atoms with Crippen molar-refractivity contribution in [1.29, 1.82) is 0 Å². The van der Waals surface area contributed by atoms with E-state index in [4.69, 9.17) is 9.47 Å². The van der Waals surface area contributed by atoms with Crippen LogP contribution in [0.25, 0.3) is 16.9 Å². The van der Waals surface area contributed by atoms with Crippen molar-refractivity contribution in [3.8, 4) is 11.3 Å². The first-order valence-electron chi connectivity index (χ1n) is 11.0. The van der Waals surface area contributed by atoms with Gasteiger partial charge >= 0.3 is 11.9 Å². The average molecular weight is 493 g/mol. The van der Waals surface area contributed by atoms with Crippen molar-refractivity contribution >= 4 is 39.8 Å². The first-order valence-corrected chi connectivity index (χ1v) is 11.9. The number of carbonyl (C=O) groups excluding carboxylic acids is 3. The predicted octanol–water partition coefficient (Wildman–Crippen LogP) is 4.68. The minimum Gasteiger partial charge on any atom is -0.462 e. The van der Waals surface area contributed by atoms with Crippen LogP contribution in [-0.4, -0.2) is 45.7 Å². The third-order valence-corrected chi connectivity index (χ3v) is 6.49. The van der Waals surface area contributed by atoms with Gasteiger partial charge in [-0.05, 0) is 39.3 Å². The van der Waals surface area contributed by atoms with Crippen molar-refractivity contribution in [3.63, 3.8) is 0 Å². The molecule has 0 spiro atoms. The predicted molar refractivity (Wildman–Crippen MR) is 132 cm³/mol. The van der Waals surface area contributed by atoms with Crippen LogP contribution in [0.4, 0.5) is 5.00 Å². The lowest BCUT2D eigenvalue weighted by Gasteiger charge is -2.07. The van der Waals surface area contributed by atoms with Gasteiger partial charge < -0.3 is 14.8 Å². The fourth-order valence-electron chi connectivity index (χ4n) is 3.61. The van der Waals surface area contributed by atoms with E-state index in [2.05, 4.69) is 15.4 Å². The highest BCUT2D eigenvalue weighted by Gasteiger charge is 2.28. The van der Waals surface area contributed by atoms with E-state index in [-0.39, 0.29) is 34.2 Å². The lowest BCUT2D eigenvalue weighted by molar-refractivity contribution is 0.0527. The summed E-state index contributed by atoms with van der Waals surface area (Å²) in [4.78, 5) is 42.9. The van der Waals surface area contributed by atoms with Crippen LogP contribution in [0.15, 0.2) is 42.7 Å². The van der Waals surface area contributed by atoms with Crippen LogP contribution in [0.2, 0.25) is 0 Å². The molecule has 10 heteroatoms. The largest absolute Gasteiger partial charge is 0.462 e. The number of fused-ring (bicyclic) bond motifs is 1. The molecule has 0 bridgehead atoms. The number of aromatic nitrogens is 3. The van der Waals surface area contributed by atoms with E-state index in [1.54, 1.807) is 31.5 Å². The summed E-state index contributed by atoms with van der Waals surface area (Å²) >= 11 is 0.966. The molecule has 0 saturated carbocycles. The smallest absolute Gasteiger partial charge is 0.348 e. The van der Waals surface area contributed by atoms with Crippen molar-refractivity contribution < 1.29 is 23.9 Å². The molecule has 0 saturated heterocycles. The van der Waals surface area contributed by atoms with Gasteiger partial charge in [-0.25, -0.2) is 19.1 Å². The first kappa shape index (κ1) is 24.1. The molecule has 1 amide bonds. The van der Waals surface area contributed by atoms with Crippen molar-refractivity contribution in [2.45, 2.75) is 27.7 Å². The highest BCUT2D eigenvalue weighted by atomic mass is 32.1. The normalized spacial score (nSPS) is 10.9. The summed E-state index contributed by atoms with van der Waals surface area (Å²) in [5.41, 5.74) is 3.92. The van der Waals surface area contributed by atoms with Crippen LogP contribution < -0.4 is 5.32 Å². The van der Waals surface area contributed by atoms with E-state index in [0.29, 0.717) is 11.2 Å². The minimum absolute atomic E-state index is 0.123. The molecule has 35 heavy (non-hydrogen) atoms. The van der Waals surface area contributed by atoms with E-state index in [9.17, 15) is 14.4 Å². The summed E-state index contributed by atoms with van der Waals surface area (Å²) in [5.74, 6) is -1.72. The second-order valence-corrected chi connectivity index (χ2v) is 8.67. The number of thiophene rings is 1. The zero-order valence-corrected chi connectivity index (χ0v) is 20.6. The third-order valence-electron chi connectivity index (χ3n) is 5.31. The SMILES string of the molecule is CCOC(=O)c1sc(NC(=O)c2cnn3c(-c4ccc(C)cc4)ccnc23)c(C(=O)OCC)c1C. The molecule has 4 rings (SSSR count). The van der Waals surface area contributed by atoms with E-state index in [1.807, 2.05) is 37.3 Å². The molecule has 0 unspecified atom stereocenters. The van der Waals surface area contributed by atoms with Crippen molar-refractivity contribution in [1.82, 2.24) is 14.6 Å². The average Bonchev–Trinajstić information content (AvgIpc) is 3.41. The third kappa shape index (κ3) is 4.65. The number of esters is 2. The Morgan fingerprint density at radius 3 is 2.37 bits per heavy atom. The van der Waals surface area contributed by atoms with E-state index in [0.717, 1.165) is 28.2 Å². The molecule has 3 heterocycles. The van der Waals surface area contributed by atoms with Gasteiger partial charge in [0.1, 0.15) is 15.4 Å². The fourth-order valence-corrected chi connectivity index (χ4v) is 4.69. The lowest BCUT2D eigenvalue weighted by Crippen LogP contribution is -2.15. The molecule has 9 nitrogen and oxygen atoms in total. The monoisotopic (exact) mass is 492 g/mol. The number of anilines is 1. The Balaban J connectivity index is 1.72. The van der Waals surface area contributed by atoms with Gasteiger partial charge in [-0.3, -0.25) is 4.79 Å². The van der Waals surface area contributed by atoms with Gasteiger partial charge in [0.2, 0.25) is 0 Å². The molecule has 0 aliphatic heterocycles. The Morgan fingerprint density at radius 1 is 1.00 bits per heavy atom. The van der Waals surface area contributed by atoms with Crippen molar-refractivity contribution in [2.75, 3.05) is 18.5 Å². The second-order valence-electron chi connectivity index (χ2n) is 7.65. The number of carbonyl (C=O) groups is 3. The number of nitrogens with one attached hydrogen (secondary N) is 1. The number of benzene rings is 1.